The second-order valence-corrected chi connectivity index (χ2v) is 4.05. The Morgan fingerprint density at radius 2 is 2.22 bits per heavy atom. The van der Waals surface area contributed by atoms with Crippen LogP contribution in [0.4, 0.5) is 0 Å². The molecule has 0 saturated carbocycles. The van der Waals surface area contributed by atoms with Gasteiger partial charge in [-0.15, -0.1) is 0 Å². The largest absolute Gasteiger partial charge is 0.355 e. The highest BCUT2D eigenvalue weighted by Crippen LogP contribution is 2.20. The van der Waals surface area contributed by atoms with Crippen LogP contribution in [-0.2, 0) is 4.79 Å². The number of fused-ring (bicyclic) bond motifs is 1. The Morgan fingerprint density at radius 3 is 3.00 bits per heavy atom. The average Bonchev–Trinajstić information content (AvgIpc) is 2.77. The van der Waals surface area contributed by atoms with Gasteiger partial charge in [0.15, 0.2) is 0 Å². The molecule has 0 fully saturated rings. The van der Waals surface area contributed by atoms with E-state index in [-0.39, 0.29) is 5.91 Å². The highest BCUT2D eigenvalue weighted by molar-refractivity contribution is 6.02. The summed E-state index contributed by atoms with van der Waals surface area (Å²) in [5, 5.41) is 13.1. The average molecular weight is 238 g/mol. The van der Waals surface area contributed by atoms with Crippen molar-refractivity contribution in [2.24, 2.45) is 4.99 Å². The number of benzene rings is 1. The van der Waals surface area contributed by atoms with Crippen LogP contribution in [0.2, 0.25) is 0 Å². The van der Waals surface area contributed by atoms with Gasteiger partial charge in [-0.2, -0.15) is 10.3 Å². The summed E-state index contributed by atoms with van der Waals surface area (Å²) in [6.45, 7) is 0.575. The van der Waals surface area contributed by atoms with Gasteiger partial charge in [0.25, 0.3) is 5.91 Å². The quantitative estimate of drug-likeness (QED) is 0.750. The summed E-state index contributed by atoms with van der Waals surface area (Å²) in [4.78, 5) is 15.3. The maximum Gasteiger partial charge on any atom is 0.250 e. The summed E-state index contributed by atoms with van der Waals surface area (Å²) in [6.07, 6.45) is 2.11. The fraction of sp³-hybridized carbons (Fsp3) is 0.154. The van der Waals surface area contributed by atoms with Crippen molar-refractivity contribution >= 4 is 22.8 Å². The number of nitrogens with zero attached hydrogens (tertiary/aromatic N) is 3. The first-order chi connectivity index (χ1) is 8.79. The normalized spacial score (nSPS) is 15.1. The smallest absolute Gasteiger partial charge is 0.250 e. The van der Waals surface area contributed by atoms with E-state index in [1.54, 1.807) is 10.8 Å². The summed E-state index contributed by atoms with van der Waals surface area (Å²) < 4.78 is 1.75. The van der Waals surface area contributed by atoms with Gasteiger partial charge < -0.3 is 5.32 Å². The molecule has 1 aromatic heterocycles. The molecule has 5 nitrogen and oxygen atoms in total. The van der Waals surface area contributed by atoms with Crippen molar-refractivity contribution in [2.75, 3.05) is 6.54 Å². The van der Waals surface area contributed by atoms with Gasteiger partial charge in [0.05, 0.1) is 11.1 Å². The fourth-order valence-electron chi connectivity index (χ4n) is 2.08. The third kappa shape index (κ3) is 1.55. The topological polar surface area (TPSA) is 70.2 Å². The molecule has 0 aliphatic carbocycles. The van der Waals surface area contributed by atoms with E-state index in [0.717, 1.165) is 10.9 Å². The third-order valence-corrected chi connectivity index (χ3v) is 2.91. The minimum atomic E-state index is -0.139. The van der Waals surface area contributed by atoms with Crippen molar-refractivity contribution < 1.29 is 4.79 Å². The van der Waals surface area contributed by atoms with Crippen LogP contribution in [0.3, 0.4) is 0 Å². The Balaban J connectivity index is 2.24. The van der Waals surface area contributed by atoms with E-state index < -0.39 is 0 Å². The number of amides is 1. The van der Waals surface area contributed by atoms with Gasteiger partial charge in [0.2, 0.25) is 5.96 Å². The van der Waals surface area contributed by atoms with E-state index in [0.29, 0.717) is 24.5 Å². The number of carbonyl (C=O) groups is 1. The molecule has 1 amide bonds. The number of para-hydroxylation sites is 1. The summed E-state index contributed by atoms with van der Waals surface area (Å²) in [5.74, 6) is 0.351. The lowest BCUT2D eigenvalue weighted by atomic mass is 10.2. The number of hydrogen-bond donors (Lipinski definition) is 1. The van der Waals surface area contributed by atoms with E-state index in [1.165, 1.54) is 0 Å². The fourth-order valence-corrected chi connectivity index (χ4v) is 2.08. The Kier molecular flexibility index (Phi) is 2.34. The molecule has 0 radical (unpaired) electrons. The molecule has 0 spiro atoms. The second kappa shape index (κ2) is 4.00. The van der Waals surface area contributed by atoms with Gasteiger partial charge in [-0.05, 0) is 6.07 Å². The molecule has 3 rings (SSSR count). The predicted molar refractivity (Wildman–Crippen MR) is 67.1 cm³/mol. The lowest BCUT2D eigenvalue weighted by Crippen LogP contribution is -2.36. The Labute approximate surface area is 103 Å². The molecule has 0 unspecified atom stereocenters. The highest BCUT2D eigenvalue weighted by Gasteiger charge is 2.16. The summed E-state index contributed by atoms with van der Waals surface area (Å²) in [5.41, 5.74) is 1.45. The monoisotopic (exact) mass is 238 g/mol. The Hall–Kier alpha value is -2.61. The van der Waals surface area contributed by atoms with Crippen molar-refractivity contribution in [2.45, 2.75) is 6.42 Å². The first kappa shape index (κ1) is 10.5. The molecule has 0 bridgehead atoms. The van der Waals surface area contributed by atoms with Crippen LogP contribution in [0.15, 0.2) is 35.5 Å². The molecule has 5 heteroatoms. The van der Waals surface area contributed by atoms with E-state index in [2.05, 4.69) is 16.4 Å². The molecule has 1 aromatic carbocycles. The predicted octanol–water partition coefficient (Wildman–Crippen LogP) is 1.24. The molecule has 88 valence electrons. The number of nitrogens with one attached hydrogen (secondary N) is 1. The summed E-state index contributed by atoms with van der Waals surface area (Å²) >= 11 is 0. The van der Waals surface area contributed by atoms with Crippen LogP contribution >= 0.6 is 0 Å². The summed E-state index contributed by atoms with van der Waals surface area (Å²) in [6, 6.07) is 9.72. The van der Waals surface area contributed by atoms with E-state index in [9.17, 15) is 4.79 Å². The lowest BCUT2D eigenvalue weighted by Gasteiger charge is -2.14. The maximum absolute atomic E-state index is 11.4. The minimum Gasteiger partial charge on any atom is -0.355 e. The molecule has 1 N–H and O–H groups in total. The summed E-state index contributed by atoms with van der Waals surface area (Å²) in [7, 11) is 0. The zero-order chi connectivity index (χ0) is 12.5. The molecule has 2 aromatic rings. The number of aliphatic imine (C=N–C) groups is 1. The van der Waals surface area contributed by atoms with Crippen molar-refractivity contribution in [1.82, 2.24) is 9.88 Å². The van der Waals surface area contributed by atoms with Gasteiger partial charge in [0, 0.05) is 24.5 Å². The number of rotatable bonds is 0. The SMILES string of the molecule is N#Cc1cn(C2=NC(=O)CCN2)c2ccccc12. The third-order valence-electron chi connectivity index (χ3n) is 2.91. The van der Waals surface area contributed by atoms with E-state index >= 15 is 0 Å². The van der Waals surface area contributed by atoms with Crippen LogP contribution in [0, 0.1) is 11.3 Å². The Morgan fingerprint density at radius 1 is 1.39 bits per heavy atom. The molecule has 1 aliphatic rings. The lowest BCUT2D eigenvalue weighted by molar-refractivity contribution is -0.117. The zero-order valence-corrected chi connectivity index (χ0v) is 9.55. The van der Waals surface area contributed by atoms with Gasteiger partial charge in [0.1, 0.15) is 6.07 Å². The van der Waals surface area contributed by atoms with Gasteiger partial charge >= 0.3 is 0 Å². The van der Waals surface area contributed by atoms with E-state index in [4.69, 9.17) is 5.26 Å². The number of carbonyl (C=O) groups excluding carboxylic acids is 1. The van der Waals surface area contributed by atoms with Crippen LogP contribution in [0.5, 0.6) is 0 Å². The standard InChI is InChI=1S/C13H10N4O/c14-7-9-8-17(11-4-2-1-3-10(9)11)13-15-6-5-12(18)16-13/h1-4,8H,5-6H2,(H,15,16,18). The number of hydrogen-bond acceptors (Lipinski definition) is 3. The van der Waals surface area contributed by atoms with Gasteiger partial charge in [-0.25, -0.2) is 0 Å². The minimum absolute atomic E-state index is 0.139. The number of nitriles is 1. The van der Waals surface area contributed by atoms with Crippen LogP contribution in [0.1, 0.15) is 12.0 Å². The maximum atomic E-state index is 11.4. The van der Waals surface area contributed by atoms with Crippen LogP contribution in [0.25, 0.3) is 10.9 Å². The highest BCUT2D eigenvalue weighted by atomic mass is 16.1. The van der Waals surface area contributed by atoms with Gasteiger partial charge in [-0.3, -0.25) is 9.36 Å². The van der Waals surface area contributed by atoms with Crippen molar-refractivity contribution in [1.29, 1.82) is 5.26 Å². The zero-order valence-electron chi connectivity index (χ0n) is 9.55. The first-order valence-corrected chi connectivity index (χ1v) is 5.65. The molecule has 1 aliphatic heterocycles. The van der Waals surface area contributed by atoms with Crippen LogP contribution in [-0.4, -0.2) is 23.0 Å². The molecular formula is C13H10N4O. The van der Waals surface area contributed by atoms with Crippen molar-refractivity contribution in [3.8, 4) is 6.07 Å². The molecule has 18 heavy (non-hydrogen) atoms. The molecule has 2 heterocycles. The van der Waals surface area contributed by atoms with Crippen molar-refractivity contribution in [3.63, 3.8) is 0 Å². The molecule has 0 saturated heterocycles. The van der Waals surface area contributed by atoms with E-state index in [1.807, 2.05) is 24.3 Å². The van der Waals surface area contributed by atoms with Gasteiger partial charge in [-0.1, -0.05) is 18.2 Å². The van der Waals surface area contributed by atoms with Crippen LogP contribution < -0.4 is 5.32 Å². The molecule has 0 atom stereocenters. The molecular weight excluding hydrogens is 228 g/mol. The number of aromatic nitrogens is 1. The first-order valence-electron chi connectivity index (χ1n) is 5.65. The Bertz CT molecular complexity index is 705. The van der Waals surface area contributed by atoms with Crippen molar-refractivity contribution in [3.05, 3.63) is 36.0 Å². The second-order valence-electron chi connectivity index (χ2n) is 4.05.